The molecule has 0 heterocycles. The van der Waals surface area contributed by atoms with Crippen LogP contribution in [0.1, 0.15) is 50.6 Å². The fourth-order valence-corrected chi connectivity index (χ4v) is 3.16. The van der Waals surface area contributed by atoms with Gasteiger partial charge in [-0.1, -0.05) is 41.4 Å². The summed E-state index contributed by atoms with van der Waals surface area (Å²) in [7, 11) is 0. The van der Waals surface area contributed by atoms with E-state index in [1.807, 2.05) is 31.2 Å². The molecule has 1 aliphatic carbocycles. The molecule has 0 bridgehead atoms. The van der Waals surface area contributed by atoms with E-state index in [9.17, 15) is 9.59 Å². The summed E-state index contributed by atoms with van der Waals surface area (Å²) in [6, 6.07) is 6.94. The van der Waals surface area contributed by atoms with Crippen molar-refractivity contribution in [3.05, 3.63) is 46.5 Å². The topological polar surface area (TPSA) is 70.2 Å². The van der Waals surface area contributed by atoms with Gasteiger partial charge >= 0.3 is 6.03 Å². The minimum absolute atomic E-state index is 0.0466. The van der Waals surface area contributed by atoms with E-state index >= 15 is 0 Å². The Kier molecular flexibility index (Phi) is 7.95. The highest BCUT2D eigenvalue weighted by atomic mass is 35.5. The Balaban J connectivity index is 1.64. The number of benzene rings is 1. The maximum atomic E-state index is 11.9. The van der Waals surface area contributed by atoms with Gasteiger partial charge in [0.15, 0.2) is 0 Å². The van der Waals surface area contributed by atoms with Crippen molar-refractivity contribution in [1.82, 2.24) is 16.0 Å². The van der Waals surface area contributed by atoms with E-state index in [0.717, 1.165) is 24.8 Å². The Morgan fingerprint density at radius 3 is 2.76 bits per heavy atom. The third-order valence-electron chi connectivity index (χ3n) is 4.31. The number of carbonyl (C=O) groups is 2. The van der Waals surface area contributed by atoms with Crippen molar-refractivity contribution in [3.63, 3.8) is 0 Å². The second kappa shape index (κ2) is 10.2. The van der Waals surface area contributed by atoms with Crippen molar-refractivity contribution < 1.29 is 9.59 Å². The molecular formula is C19H26ClN3O2. The van der Waals surface area contributed by atoms with Crippen LogP contribution < -0.4 is 16.0 Å². The van der Waals surface area contributed by atoms with Crippen molar-refractivity contribution in [2.45, 2.75) is 45.1 Å². The number of carbonyl (C=O) groups excluding carboxylic acids is 2. The van der Waals surface area contributed by atoms with E-state index in [0.29, 0.717) is 11.6 Å². The number of rotatable bonds is 7. The summed E-state index contributed by atoms with van der Waals surface area (Å²) in [5, 5.41) is 8.78. The van der Waals surface area contributed by atoms with Gasteiger partial charge in [0.2, 0.25) is 5.91 Å². The quantitative estimate of drug-likeness (QED) is 0.647. The van der Waals surface area contributed by atoms with E-state index < -0.39 is 6.03 Å². The summed E-state index contributed by atoms with van der Waals surface area (Å²) in [5.74, 6) is -0.367. The van der Waals surface area contributed by atoms with Crippen molar-refractivity contribution in [2.24, 2.45) is 0 Å². The van der Waals surface area contributed by atoms with Crippen LogP contribution in [0, 0.1) is 0 Å². The van der Waals surface area contributed by atoms with Crippen LogP contribution in [-0.2, 0) is 4.79 Å². The number of urea groups is 1. The molecule has 5 nitrogen and oxygen atoms in total. The maximum absolute atomic E-state index is 11.9. The summed E-state index contributed by atoms with van der Waals surface area (Å²) >= 11 is 6.13. The summed E-state index contributed by atoms with van der Waals surface area (Å²) in [4.78, 5) is 23.6. The molecule has 0 radical (unpaired) electrons. The van der Waals surface area contributed by atoms with Gasteiger partial charge in [0.1, 0.15) is 0 Å². The lowest BCUT2D eigenvalue weighted by molar-refractivity contribution is -0.119. The van der Waals surface area contributed by atoms with Crippen LogP contribution in [-0.4, -0.2) is 25.0 Å². The highest BCUT2D eigenvalue weighted by Gasteiger charge is 2.12. The SMILES string of the molecule is CC(NCC(=O)NC(=O)NCCC1=CCCCC1)c1ccccc1Cl. The third kappa shape index (κ3) is 6.88. The maximum Gasteiger partial charge on any atom is 0.321 e. The molecule has 0 fully saturated rings. The first-order chi connectivity index (χ1) is 12.1. The molecule has 0 saturated heterocycles. The lowest BCUT2D eigenvalue weighted by Crippen LogP contribution is -2.44. The third-order valence-corrected chi connectivity index (χ3v) is 4.65. The molecule has 2 rings (SSSR count). The molecule has 0 spiro atoms. The van der Waals surface area contributed by atoms with Crippen LogP contribution >= 0.6 is 11.6 Å². The van der Waals surface area contributed by atoms with Crippen molar-refractivity contribution >= 4 is 23.5 Å². The zero-order chi connectivity index (χ0) is 18.1. The Labute approximate surface area is 154 Å². The summed E-state index contributed by atoms with van der Waals surface area (Å²) in [5.41, 5.74) is 2.32. The fraction of sp³-hybridized carbons (Fsp3) is 0.474. The Hall–Kier alpha value is -1.85. The second-order valence-corrected chi connectivity index (χ2v) is 6.69. The molecule has 1 aromatic rings. The molecule has 0 aliphatic heterocycles. The Morgan fingerprint density at radius 2 is 2.04 bits per heavy atom. The molecule has 3 N–H and O–H groups in total. The van der Waals surface area contributed by atoms with Gasteiger partial charge in [0.25, 0.3) is 0 Å². The fourth-order valence-electron chi connectivity index (χ4n) is 2.87. The van der Waals surface area contributed by atoms with Crippen LogP contribution in [0.5, 0.6) is 0 Å². The Morgan fingerprint density at radius 1 is 1.24 bits per heavy atom. The molecule has 1 aromatic carbocycles. The van der Waals surface area contributed by atoms with Crippen LogP contribution in [0.2, 0.25) is 5.02 Å². The molecule has 6 heteroatoms. The van der Waals surface area contributed by atoms with Crippen molar-refractivity contribution in [2.75, 3.05) is 13.1 Å². The number of allylic oxidation sites excluding steroid dienone is 1. The molecule has 3 amide bonds. The lowest BCUT2D eigenvalue weighted by Gasteiger charge is -2.15. The average Bonchev–Trinajstić information content (AvgIpc) is 2.61. The number of hydrogen-bond acceptors (Lipinski definition) is 3. The van der Waals surface area contributed by atoms with Gasteiger partial charge in [-0.15, -0.1) is 0 Å². The molecule has 1 aliphatic rings. The summed E-state index contributed by atoms with van der Waals surface area (Å²) < 4.78 is 0. The number of amides is 3. The lowest BCUT2D eigenvalue weighted by atomic mass is 9.97. The zero-order valence-electron chi connectivity index (χ0n) is 14.6. The summed E-state index contributed by atoms with van der Waals surface area (Å²) in [6.45, 7) is 2.52. The predicted molar refractivity (Wildman–Crippen MR) is 101 cm³/mol. The number of nitrogens with one attached hydrogen (secondary N) is 3. The Bertz CT molecular complexity index is 631. The summed E-state index contributed by atoms with van der Waals surface area (Å²) in [6.07, 6.45) is 7.84. The first-order valence-electron chi connectivity index (χ1n) is 8.79. The van der Waals surface area contributed by atoms with Crippen molar-refractivity contribution in [3.8, 4) is 0 Å². The highest BCUT2D eigenvalue weighted by molar-refractivity contribution is 6.31. The molecule has 1 atom stereocenters. The van der Waals surface area contributed by atoms with Gasteiger partial charge < -0.3 is 10.6 Å². The van der Waals surface area contributed by atoms with Gasteiger partial charge in [0, 0.05) is 17.6 Å². The van der Waals surface area contributed by atoms with Gasteiger partial charge in [-0.25, -0.2) is 4.79 Å². The van der Waals surface area contributed by atoms with Crippen LogP contribution in [0.15, 0.2) is 35.9 Å². The smallest absolute Gasteiger partial charge is 0.321 e. The molecule has 25 heavy (non-hydrogen) atoms. The van der Waals surface area contributed by atoms with E-state index in [1.54, 1.807) is 0 Å². The first kappa shape index (κ1) is 19.5. The van der Waals surface area contributed by atoms with E-state index in [2.05, 4.69) is 22.0 Å². The molecular weight excluding hydrogens is 338 g/mol. The van der Waals surface area contributed by atoms with E-state index in [-0.39, 0.29) is 18.5 Å². The molecule has 0 saturated carbocycles. The highest BCUT2D eigenvalue weighted by Crippen LogP contribution is 2.21. The molecule has 136 valence electrons. The number of hydrogen-bond donors (Lipinski definition) is 3. The number of halogens is 1. The largest absolute Gasteiger partial charge is 0.337 e. The normalized spacial score (nSPS) is 15.2. The minimum atomic E-state index is -0.450. The van der Waals surface area contributed by atoms with Crippen molar-refractivity contribution in [1.29, 1.82) is 0 Å². The number of imide groups is 1. The van der Waals surface area contributed by atoms with E-state index in [4.69, 9.17) is 11.6 Å². The van der Waals surface area contributed by atoms with E-state index in [1.165, 1.54) is 18.4 Å². The monoisotopic (exact) mass is 363 g/mol. The first-order valence-corrected chi connectivity index (χ1v) is 9.17. The van der Waals surface area contributed by atoms with Gasteiger partial charge in [0.05, 0.1) is 6.54 Å². The van der Waals surface area contributed by atoms with Gasteiger partial charge in [-0.3, -0.25) is 10.1 Å². The zero-order valence-corrected chi connectivity index (χ0v) is 15.4. The van der Waals surface area contributed by atoms with Crippen LogP contribution in [0.25, 0.3) is 0 Å². The average molecular weight is 364 g/mol. The van der Waals surface area contributed by atoms with Gasteiger partial charge in [-0.2, -0.15) is 0 Å². The molecule has 1 unspecified atom stereocenters. The van der Waals surface area contributed by atoms with Crippen LogP contribution in [0.3, 0.4) is 0 Å². The second-order valence-electron chi connectivity index (χ2n) is 6.29. The molecule has 0 aromatic heterocycles. The van der Waals surface area contributed by atoms with Gasteiger partial charge in [-0.05, 0) is 50.7 Å². The minimum Gasteiger partial charge on any atom is -0.337 e. The van der Waals surface area contributed by atoms with Crippen LogP contribution in [0.4, 0.5) is 4.79 Å². The standard InChI is InChI=1S/C19H26ClN3O2/c1-14(16-9-5-6-10-17(16)20)22-13-18(24)23-19(25)21-12-11-15-7-3-2-4-8-15/h5-7,9-10,14,22H,2-4,8,11-13H2,1H3,(H2,21,23,24,25). The predicted octanol–water partition coefficient (Wildman–Crippen LogP) is 3.71.